The Morgan fingerprint density at radius 1 is 1.29 bits per heavy atom. The first-order chi connectivity index (χ1) is 9.95. The maximum Gasteiger partial charge on any atom is 0.255 e. The molecule has 8 heteroatoms. The molecule has 110 valence electrons. The molecule has 0 aliphatic heterocycles. The summed E-state index contributed by atoms with van der Waals surface area (Å²) in [4.78, 5) is 8.20. The van der Waals surface area contributed by atoms with Crippen LogP contribution in [-0.4, -0.2) is 23.5 Å². The van der Waals surface area contributed by atoms with Crippen molar-refractivity contribution in [2.45, 2.75) is 36.6 Å². The minimum atomic E-state index is -3.79. The van der Waals surface area contributed by atoms with Crippen LogP contribution in [0.2, 0.25) is 0 Å². The van der Waals surface area contributed by atoms with Gasteiger partial charge in [0.15, 0.2) is 5.03 Å². The van der Waals surface area contributed by atoms with Gasteiger partial charge in [0.1, 0.15) is 0 Å². The largest absolute Gasteiger partial charge is 0.339 e. The van der Waals surface area contributed by atoms with Crippen molar-refractivity contribution in [1.29, 1.82) is 0 Å². The number of hydrogen-bond acceptors (Lipinski definition) is 6. The maximum atomic E-state index is 11.2. The first-order valence-corrected chi connectivity index (χ1v) is 8.33. The van der Waals surface area contributed by atoms with Crippen molar-refractivity contribution < 1.29 is 12.9 Å². The lowest BCUT2D eigenvalue weighted by molar-refractivity contribution is 0.192. The molecular weight excluding hydrogens is 292 g/mol. The highest BCUT2D eigenvalue weighted by molar-refractivity contribution is 7.89. The zero-order valence-corrected chi connectivity index (χ0v) is 12.0. The zero-order chi connectivity index (χ0) is 14.7. The van der Waals surface area contributed by atoms with Crippen molar-refractivity contribution >= 4 is 10.0 Å². The monoisotopic (exact) mass is 306 g/mol. The van der Waals surface area contributed by atoms with Gasteiger partial charge in [-0.1, -0.05) is 5.16 Å². The third kappa shape index (κ3) is 2.24. The van der Waals surface area contributed by atoms with Crippen LogP contribution in [0, 0.1) is 5.41 Å². The van der Waals surface area contributed by atoms with Gasteiger partial charge in [0.25, 0.3) is 10.0 Å². The molecule has 2 saturated carbocycles. The lowest BCUT2D eigenvalue weighted by atomic mass is 9.72. The summed E-state index contributed by atoms with van der Waals surface area (Å²) >= 11 is 0. The molecule has 0 aromatic carbocycles. The third-order valence-corrected chi connectivity index (χ3v) is 5.22. The third-order valence-electron chi connectivity index (χ3n) is 4.39. The van der Waals surface area contributed by atoms with E-state index in [9.17, 15) is 8.42 Å². The van der Waals surface area contributed by atoms with E-state index in [1.807, 2.05) is 0 Å². The SMILES string of the molecule is NS(=O)(=O)c1ccc(-c2noc(C3CC4(CC4)C3)n2)cn1. The summed E-state index contributed by atoms with van der Waals surface area (Å²) < 4.78 is 27.6. The minimum absolute atomic E-state index is 0.176. The van der Waals surface area contributed by atoms with Gasteiger partial charge in [-0.15, -0.1) is 0 Å². The van der Waals surface area contributed by atoms with E-state index in [0.717, 1.165) is 12.8 Å². The molecule has 2 aromatic heterocycles. The predicted octanol–water partition coefficient (Wildman–Crippen LogP) is 1.44. The minimum Gasteiger partial charge on any atom is -0.339 e. The number of hydrogen-bond donors (Lipinski definition) is 1. The number of pyridine rings is 1. The number of aromatic nitrogens is 3. The van der Waals surface area contributed by atoms with Crippen LogP contribution in [0.3, 0.4) is 0 Å². The second-order valence-corrected chi connectivity index (χ2v) is 7.50. The Kier molecular flexibility index (Phi) is 2.52. The second kappa shape index (κ2) is 4.11. The van der Waals surface area contributed by atoms with Crippen molar-refractivity contribution in [1.82, 2.24) is 15.1 Å². The summed E-state index contributed by atoms with van der Waals surface area (Å²) in [5.74, 6) is 1.46. The van der Waals surface area contributed by atoms with Crippen molar-refractivity contribution in [3.05, 3.63) is 24.2 Å². The summed E-state index contributed by atoms with van der Waals surface area (Å²) in [7, 11) is -3.79. The van der Waals surface area contributed by atoms with Crippen LogP contribution in [-0.2, 0) is 10.0 Å². The van der Waals surface area contributed by atoms with Gasteiger partial charge in [0.2, 0.25) is 11.7 Å². The Hall–Kier alpha value is -1.80. The van der Waals surface area contributed by atoms with Crippen LogP contribution in [0.1, 0.15) is 37.5 Å². The van der Waals surface area contributed by atoms with Crippen LogP contribution < -0.4 is 5.14 Å². The van der Waals surface area contributed by atoms with Gasteiger partial charge >= 0.3 is 0 Å². The molecule has 21 heavy (non-hydrogen) atoms. The molecule has 0 amide bonds. The molecule has 4 rings (SSSR count). The van der Waals surface area contributed by atoms with Crippen molar-refractivity contribution in [3.8, 4) is 11.4 Å². The van der Waals surface area contributed by atoms with Gasteiger partial charge in [-0.2, -0.15) is 4.98 Å². The van der Waals surface area contributed by atoms with Crippen LogP contribution in [0.15, 0.2) is 27.9 Å². The van der Waals surface area contributed by atoms with Gasteiger partial charge in [-0.05, 0) is 43.2 Å². The number of rotatable bonds is 3. The first-order valence-electron chi connectivity index (χ1n) is 6.78. The molecule has 1 spiro atoms. The van der Waals surface area contributed by atoms with Gasteiger partial charge in [0, 0.05) is 17.7 Å². The van der Waals surface area contributed by atoms with Crippen LogP contribution in [0.25, 0.3) is 11.4 Å². The van der Waals surface area contributed by atoms with E-state index < -0.39 is 10.0 Å². The van der Waals surface area contributed by atoms with E-state index in [1.54, 1.807) is 6.07 Å². The van der Waals surface area contributed by atoms with Crippen LogP contribution in [0.4, 0.5) is 0 Å². The zero-order valence-electron chi connectivity index (χ0n) is 11.2. The molecule has 0 atom stereocenters. The molecule has 2 aromatic rings. The fraction of sp³-hybridized carbons (Fsp3) is 0.462. The summed E-state index contributed by atoms with van der Waals surface area (Å²) in [6.07, 6.45) is 6.30. The highest BCUT2D eigenvalue weighted by atomic mass is 32.2. The molecule has 0 bridgehead atoms. The lowest BCUT2D eigenvalue weighted by Gasteiger charge is -2.32. The standard InChI is InChI=1S/C13H14N4O3S/c14-21(18,19)10-2-1-8(7-15-10)11-16-12(20-17-11)9-5-13(6-9)3-4-13/h1-2,7,9H,3-6H2,(H2,14,18,19). The Bertz CT molecular complexity index is 785. The number of sulfonamides is 1. The normalized spacial score (nSPS) is 20.4. The van der Waals surface area contributed by atoms with Crippen molar-refractivity contribution in [2.24, 2.45) is 10.6 Å². The van der Waals surface area contributed by atoms with E-state index in [4.69, 9.17) is 9.66 Å². The van der Waals surface area contributed by atoms with Crippen molar-refractivity contribution in [3.63, 3.8) is 0 Å². The van der Waals surface area contributed by atoms with Gasteiger partial charge in [-0.3, -0.25) is 0 Å². The topological polar surface area (TPSA) is 112 Å². The predicted molar refractivity (Wildman–Crippen MR) is 72.5 cm³/mol. The van der Waals surface area contributed by atoms with E-state index in [1.165, 1.54) is 25.1 Å². The Balaban J connectivity index is 1.55. The Morgan fingerprint density at radius 3 is 2.62 bits per heavy atom. The summed E-state index contributed by atoms with van der Waals surface area (Å²) in [5, 5.41) is 8.77. The number of nitrogens with zero attached hydrogens (tertiary/aromatic N) is 3. The summed E-state index contributed by atoms with van der Waals surface area (Å²) in [6, 6.07) is 2.91. The molecule has 2 aliphatic rings. The summed E-state index contributed by atoms with van der Waals surface area (Å²) in [6.45, 7) is 0. The molecule has 2 heterocycles. The van der Waals surface area contributed by atoms with Gasteiger partial charge < -0.3 is 4.52 Å². The Labute approximate surface area is 121 Å². The molecule has 2 fully saturated rings. The van der Waals surface area contributed by atoms with E-state index >= 15 is 0 Å². The smallest absolute Gasteiger partial charge is 0.255 e. The second-order valence-electron chi connectivity index (χ2n) is 5.99. The molecule has 0 radical (unpaired) electrons. The highest BCUT2D eigenvalue weighted by Gasteiger charge is 2.54. The van der Waals surface area contributed by atoms with Crippen molar-refractivity contribution in [2.75, 3.05) is 0 Å². The fourth-order valence-electron chi connectivity index (χ4n) is 2.94. The van der Waals surface area contributed by atoms with Crippen LogP contribution >= 0.6 is 0 Å². The molecule has 2 aliphatic carbocycles. The van der Waals surface area contributed by atoms with Gasteiger partial charge in [-0.25, -0.2) is 18.5 Å². The van der Waals surface area contributed by atoms with E-state index in [-0.39, 0.29) is 5.03 Å². The molecular formula is C13H14N4O3S. The van der Waals surface area contributed by atoms with E-state index in [2.05, 4.69) is 15.1 Å². The summed E-state index contributed by atoms with van der Waals surface area (Å²) in [5.41, 5.74) is 1.19. The molecule has 0 unspecified atom stereocenters. The average molecular weight is 306 g/mol. The first kappa shape index (κ1) is 12.9. The maximum absolute atomic E-state index is 11.2. The molecule has 2 N–H and O–H groups in total. The van der Waals surface area contributed by atoms with E-state index in [0.29, 0.717) is 28.6 Å². The number of primary sulfonamides is 1. The molecule has 7 nitrogen and oxygen atoms in total. The molecule has 0 saturated heterocycles. The number of nitrogens with two attached hydrogens (primary N) is 1. The fourth-order valence-corrected chi connectivity index (χ4v) is 3.40. The Morgan fingerprint density at radius 2 is 2.05 bits per heavy atom. The van der Waals surface area contributed by atoms with Crippen LogP contribution in [0.5, 0.6) is 0 Å². The average Bonchev–Trinajstić information content (AvgIpc) is 3.07. The highest BCUT2D eigenvalue weighted by Crippen LogP contribution is 2.65. The van der Waals surface area contributed by atoms with Gasteiger partial charge in [0.05, 0.1) is 0 Å². The lowest BCUT2D eigenvalue weighted by Crippen LogP contribution is -2.23. The quantitative estimate of drug-likeness (QED) is 0.918.